The molecular weight excluding hydrogens is 217 g/mol. The number of hydrogen-bond acceptors (Lipinski definition) is 2. The van der Waals surface area contributed by atoms with Gasteiger partial charge in [-0.25, -0.2) is 4.39 Å². The molecule has 15 heavy (non-hydrogen) atoms. The minimum atomic E-state index is -0.432. The molecule has 0 saturated heterocycles. The monoisotopic (exact) mass is 225 g/mol. The minimum Gasteiger partial charge on any atom is -0.467 e. The number of hydrogen-bond donors (Lipinski definition) is 1. The van der Waals surface area contributed by atoms with E-state index < -0.39 is 5.82 Å². The third-order valence-electron chi connectivity index (χ3n) is 2.16. The lowest BCUT2D eigenvalue weighted by molar-refractivity contribution is 0.513. The zero-order chi connectivity index (χ0) is 10.8. The van der Waals surface area contributed by atoms with Gasteiger partial charge in [0.2, 0.25) is 0 Å². The lowest BCUT2D eigenvalue weighted by Crippen LogP contribution is -1.95. The second-order valence-corrected chi connectivity index (χ2v) is 3.50. The van der Waals surface area contributed by atoms with E-state index in [0.29, 0.717) is 12.3 Å². The fraction of sp³-hybridized carbons (Fsp3) is 0.0909. The van der Waals surface area contributed by atoms with Gasteiger partial charge in [-0.2, -0.15) is 0 Å². The Morgan fingerprint density at radius 2 is 2.13 bits per heavy atom. The highest BCUT2D eigenvalue weighted by atomic mass is 35.5. The van der Waals surface area contributed by atoms with Crippen molar-refractivity contribution >= 4 is 11.6 Å². The van der Waals surface area contributed by atoms with Crippen LogP contribution in [-0.2, 0) is 6.54 Å². The molecule has 0 aliphatic rings. The van der Waals surface area contributed by atoms with E-state index in [4.69, 9.17) is 21.8 Å². The van der Waals surface area contributed by atoms with E-state index in [1.165, 1.54) is 6.07 Å². The summed E-state index contributed by atoms with van der Waals surface area (Å²) in [6, 6.07) is 6.31. The van der Waals surface area contributed by atoms with Gasteiger partial charge < -0.3 is 10.2 Å². The van der Waals surface area contributed by atoms with Crippen LogP contribution in [0, 0.1) is 5.82 Å². The van der Waals surface area contributed by atoms with Crippen LogP contribution in [0.5, 0.6) is 0 Å². The van der Waals surface area contributed by atoms with Crippen LogP contribution in [0.25, 0.3) is 11.1 Å². The van der Waals surface area contributed by atoms with Crippen molar-refractivity contribution in [1.82, 2.24) is 0 Å². The van der Waals surface area contributed by atoms with Crippen molar-refractivity contribution in [3.63, 3.8) is 0 Å². The summed E-state index contributed by atoms with van der Waals surface area (Å²) in [5, 5.41) is 0.0941. The molecule has 0 aliphatic heterocycles. The molecule has 2 nitrogen and oxygen atoms in total. The first kappa shape index (κ1) is 10.2. The Kier molecular flexibility index (Phi) is 2.75. The predicted octanol–water partition coefficient (Wildman–Crippen LogP) is 3.20. The normalized spacial score (nSPS) is 10.6. The maximum absolute atomic E-state index is 12.9. The van der Waals surface area contributed by atoms with Crippen LogP contribution in [0.3, 0.4) is 0 Å². The Morgan fingerprint density at radius 3 is 2.80 bits per heavy atom. The van der Waals surface area contributed by atoms with E-state index >= 15 is 0 Å². The summed E-state index contributed by atoms with van der Waals surface area (Å²) in [6.07, 6.45) is 1.55. The van der Waals surface area contributed by atoms with Crippen molar-refractivity contribution in [2.45, 2.75) is 6.54 Å². The van der Waals surface area contributed by atoms with Gasteiger partial charge in [0, 0.05) is 5.56 Å². The van der Waals surface area contributed by atoms with E-state index in [-0.39, 0.29) is 5.02 Å². The van der Waals surface area contributed by atoms with E-state index in [9.17, 15) is 4.39 Å². The summed E-state index contributed by atoms with van der Waals surface area (Å²) in [5.41, 5.74) is 7.15. The fourth-order valence-electron chi connectivity index (χ4n) is 1.42. The van der Waals surface area contributed by atoms with E-state index in [0.717, 1.165) is 11.1 Å². The van der Waals surface area contributed by atoms with Gasteiger partial charge in [-0.05, 0) is 23.8 Å². The van der Waals surface area contributed by atoms with Crippen LogP contribution < -0.4 is 5.73 Å². The lowest BCUT2D eigenvalue weighted by atomic mass is 10.1. The second kappa shape index (κ2) is 4.04. The highest BCUT2D eigenvalue weighted by molar-refractivity contribution is 6.31. The van der Waals surface area contributed by atoms with Crippen molar-refractivity contribution in [2.75, 3.05) is 0 Å². The SMILES string of the molecule is NCc1occc1-c1ccc(F)c(Cl)c1. The Balaban J connectivity index is 2.50. The molecule has 78 valence electrons. The topological polar surface area (TPSA) is 39.2 Å². The number of benzene rings is 1. The molecule has 0 radical (unpaired) electrons. The van der Waals surface area contributed by atoms with Crippen LogP contribution in [0.15, 0.2) is 34.9 Å². The zero-order valence-electron chi connectivity index (χ0n) is 7.84. The van der Waals surface area contributed by atoms with Crippen molar-refractivity contribution in [1.29, 1.82) is 0 Å². The van der Waals surface area contributed by atoms with Crippen LogP contribution in [0.4, 0.5) is 4.39 Å². The first-order valence-electron chi connectivity index (χ1n) is 4.44. The summed E-state index contributed by atoms with van der Waals surface area (Å²) in [4.78, 5) is 0. The molecular formula is C11H9ClFNO. The summed E-state index contributed by atoms with van der Waals surface area (Å²) < 4.78 is 18.1. The molecule has 1 aromatic heterocycles. The fourth-order valence-corrected chi connectivity index (χ4v) is 1.60. The maximum atomic E-state index is 12.9. The molecule has 2 aromatic rings. The van der Waals surface area contributed by atoms with Gasteiger partial charge in [-0.3, -0.25) is 0 Å². The van der Waals surface area contributed by atoms with Crippen molar-refractivity contribution in [2.24, 2.45) is 5.73 Å². The Bertz CT molecular complexity index is 481. The molecule has 0 amide bonds. The van der Waals surface area contributed by atoms with Gasteiger partial charge in [-0.1, -0.05) is 17.7 Å². The molecule has 2 rings (SSSR count). The van der Waals surface area contributed by atoms with Gasteiger partial charge in [0.1, 0.15) is 11.6 Å². The first-order chi connectivity index (χ1) is 7.22. The van der Waals surface area contributed by atoms with Crippen molar-refractivity contribution < 1.29 is 8.81 Å². The Morgan fingerprint density at radius 1 is 1.33 bits per heavy atom. The highest BCUT2D eigenvalue weighted by Gasteiger charge is 2.09. The molecule has 4 heteroatoms. The number of furan rings is 1. The summed E-state index contributed by atoms with van der Waals surface area (Å²) in [6.45, 7) is 0.303. The van der Waals surface area contributed by atoms with Crippen LogP contribution >= 0.6 is 11.6 Å². The van der Waals surface area contributed by atoms with Gasteiger partial charge in [0.15, 0.2) is 0 Å². The third-order valence-corrected chi connectivity index (χ3v) is 2.45. The third kappa shape index (κ3) is 1.89. The standard InChI is InChI=1S/C11H9ClFNO/c12-9-5-7(1-2-10(9)13)8-3-4-15-11(8)6-14/h1-5H,6,14H2. The quantitative estimate of drug-likeness (QED) is 0.853. The highest BCUT2D eigenvalue weighted by Crippen LogP contribution is 2.28. The van der Waals surface area contributed by atoms with Crippen molar-refractivity contribution in [3.8, 4) is 11.1 Å². The molecule has 0 unspecified atom stereocenters. The van der Waals surface area contributed by atoms with E-state index in [1.807, 2.05) is 0 Å². The largest absolute Gasteiger partial charge is 0.467 e. The minimum absolute atomic E-state index is 0.0941. The molecule has 0 bridgehead atoms. The van der Waals surface area contributed by atoms with Crippen LogP contribution in [0.1, 0.15) is 5.76 Å². The first-order valence-corrected chi connectivity index (χ1v) is 4.82. The predicted molar refractivity (Wildman–Crippen MR) is 57.0 cm³/mol. The van der Waals surface area contributed by atoms with Crippen molar-refractivity contribution in [3.05, 3.63) is 47.1 Å². The molecule has 1 aromatic carbocycles. The maximum Gasteiger partial charge on any atom is 0.141 e. The molecule has 0 saturated carbocycles. The van der Waals surface area contributed by atoms with Gasteiger partial charge >= 0.3 is 0 Å². The molecule has 2 N–H and O–H groups in total. The summed E-state index contributed by atoms with van der Waals surface area (Å²) in [5.74, 6) is 0.232. The molecule has 0 fully saturated rings. The molecule has 1 heterocycles. The Labute approximate surface area is 91.5 Å². The number of halogens is 2. The second-order valence-electron chi connectivity index (χ2n) is 3.09. The van der Waals surface area contributed by atoms with E-state index in [1.54, 1.807) is 24.5 Å². The molecule has 0 atom stereocenters. The van der Waals surface area contributed by atoms with Crippen LogP contribution in [-0.4, -0.2) is 0 Å². The van der Waals surface area contributed by atoms with Gasteiger partial charge in [0.25, 0.3) is 0 Å². The average Bonchev–Trinajstić information content (AvgIpc) is 2.70. The van der Waals surface area contributed by atoms with Gasteiger partial charge in [0.05, 0.1) is 17.8 Å². The zero-order valence-corrected chi connectivity index (χ0v) is 8.59. The number of nitrogens with two attached hydrogens (primary N) is 1. The molecule has 0 spiro atoms. The van der Waals surface area contributed by atoms with Crippen LogP contribution in [0.2, 0.25) is 5.02 Å². The average molecular weight is 226 g/mol. The lowest BCUT2D eigenvalue weighted by Gasteiger charge is -2.02. The molecule has 0 aliphatic carbocycles. The summed E-state index contributed by atoms with van der Waals surface area (Å²) >= 11 is 5.69. The Hall–Kier alpha value is -1.32. The summed E-state index contributed by atoms with van der Waals surface area (Å²) in [7, 11) is 0. The van der Waals surface area contributed by atoms with E-state index in [2.05, 4.69) is 0 Å². The number of rotatable bonds is 2. The smallest absolute Gasteiger partial charge is 0.141 e. The van der Waals surface area contributed by atoms with Gasteiger partial charge in [-0.15, -0.1) is 0 Å².